The monoisotopic (exact) mass is 678 g/mol. The number of ether oxygens (including phenoxy) is 2. The number of hydrogen-bond donors (Lipinski definition) is 2. The van der Waals surface area contributed by atoms with Gasteiger partial charge in [-0.1, -0.05) is 138 Å². The highest BCUT2D eigenvalue weighted by Crippen LogP contribution is 2.35. The normalized spacial score (nSPS) is 13.4. The van der Waals surface area contributed by atoms with Gasteiger partial charge in [-0.05, 0) is 57.8 Å². The zero-order valence-electron chi connectivity index (χ0n) is 29.1. The molecule has 0 aromatic carbocycles. The van der Waals surface area contributed by atoms with Crippen LogP contribution in [0.1, 0.15) is 136 Å². The molecule has 0 heterocycles. The Labute approximate surface area is 285 Å². The fourth-order valence-electron chi connectivity index (χ4n) is 4.40. The number of carbonyl (C=O) groups is 2. The lowest BCUT2D eigenvalue weighted by atomic mass is 10.1. The maximum atomic E-state index is 12.3. The highest BCUT2D eigenvalue weighted by atomic mass is 31.2. The summed E-state index contributed by atoms with van der Waals surface area (Å²) in [5, 5.41) is 0. The van der Waals surface area contributed by atoms with Crippen LogP contribution in [0.2, 0.25) is 0 Å². The van der Waals surface area contributed by atoms with E-state index in [0.29, 0.717) is 12.8 Å². The van der Waals surface area contributed by atoms with Gasteiger partial charge >= 0.3 is 19.8 Å². The van der Waals surface area contributed by atoms with Crippen LogP contribution < -0.4 is 0 Å². The maximum absolute atomic E-state index is 12.3. The largest absolute Gasteiger partial charge is 0.469 e. The van der Waals surface area contributed by atoms with Gasteiger partial charge in [0.2, 0.25) is 0 Å². The number of rotatable bonds is 31. The first kappa shape index (κ1) is 44.5. The van der Waals surface area contributed by atoms with Gasteiger partial charge in [0.15, 0.2) is 6.10 Å². The standard InChI is InChI=1S/C38H63O8P/c1-3-5-7-9-11-13-15-17-19-21-23-25-27-29-31-33-38(40)46-36(35-45-47(41,42)43)34-44-37(39)32-30-28-26-24-22-20-18-16-14-12-10-8-6-4-2/h5,7,9-13,15-19,36H,3-4,6,8,14,20-35H2,1-2H3,(H2,41,42,43)/b7-5+,11-9+,12-10+,15-13+,18-16+,19-17+/t36-/m1/s1. The molecule has 0 aromatic heterocycles. The predicted octanol–water partition coefficient (Wildman–Crippen LogP) is 10.3. The molecule has 0 aromatic rings. The Morgan fingerprint density at radius 1 is 0.596 bits per heavy atom. The maximum Gasteiger partial charge on any atom is 0.469 e. The Morgan fingerprint density at radius 2 is 1.11 bits per heavy atom. The Bertz CT molecular complexity index is 990. The Kier molecular flexibility index (Phi) is 31.6. The van der Waals surface area contributed by atoms with E-state index in [0.717, 1.165) is 83.5 Å². The minimum absolute atomic E-state index is 0.178. The number of phosphoric acid groups is 1. The van der Waals surface area contributed by atoms with Crippen molar-refractivity contribution in [3.05, 3.63) is 72.9 Å². The van der Waals surface area contributed by atoms with Crippen LogP contribution in [0.3, 0.4) is 0 Å². The van der Waals surface area contributed by atoms with Gasteiger partial charge < -0.3 is 19.3 Å². The van der Waals surface area contributed by atoms with Gasteiger partial charge in [-0.3, -0.25) is 14.1 Å². The summed E-state index contributed by atoms with van der Waals surface area (Å²) < 4.78 is 26.2. The molecule has 0 bridgehead atoms. The van der Waals surface area contributed by atoms with Crippen LogP contribution in [0.4, 0.5) is 0 Å². The lowest BCUT2D eigenvalue weighted by Crippen LogP contribution is -2.29. The van der Waals surface area contributed by atoms with Gasteiger partial charge in [-0.25, -0.2) is 4.57 Å². The van der Waals surface area contributed by atoms with E-state index < -0.39 is 32.5 Å². The number of phosphoric ester groups is 1. The summed E-state index contributed by atoms with van der Waals surface area (Å²) in [5.74, 6) is -0.938. The zero-order chi connectivity index (χ0) is 34.7. The van der Waals surface area contributed by atoms with Gasteiger partial charge in [0.05, 0.1) is 6.61 Å². The van der Waals surface area contributed by atoms with E-state index >= 15 is 0 Å². The fourth-order valence-corrected chi connectivity index (χ4v) is 4.76. The highest BCUT2D eigenvalue weighted by Gasteiger charge is 2.22. The van der Waals surface area contributed by atoms with Crippen molar-refractivity contribution in [2.45, 2.75) is 142 Å². The first-order chi connectivity index (χ1) is 22.8. The van der Waals surface area contributed by atoms with Gasteiger partial charge in [0, 0.05) is 12.8 Å². The third-order valence-corrected chi connectivity index (χ3v) is 7.54. The second kappa shape index (κ2) is 33.4. The first-order valence-electron chi connectivity index (χ1n) is 17.8. The molecule has 0 saturated carbocycles. The zero-order valence-corrected chi connectivity index (χ0v) is 30.0. The van der Waals surface area contributed by atoms with Gasteiger partial charge in [0.1, 0.15) is 6.61 Å². The summed E-state index contributed by atoms with van der Waals surface area (Å²) in [7, 11) is -4.76. The SMILES string of the molecule is CC/C=C/C=C/C=C/C=C/CCCCCCCC(=O)O[C@H](COC(=O)CCCCCCC/C=C/C/C=C/CCCC)COP(=O)(O)O. The Morgan fingerprint density at radius 3 is 1.70 bits per heavy atom. The summed E-state index contributed by atoms with van der Waals surface area (Å²) >= 11 is 0. The smallest absolute Gasteiger partial charge is 0.462 e. The van der Waals surface area contributed by atoms with E-state index in [1.54, 1.807) is 0 Å². The second-order valence-corrected chi connectivity index (χ2v) is 12.8. The molecular formula is C38H63O8P. The third-order valence-electron chi connectivity index (χ3n) is 7.05. The quantitative estimate of drug-likeness (QED) is 0.0244. The van der Waals surface area contributed by atoms with Gasteiger partial charge in [-0.2, -0.15) is 0 Å². The van der Waals surface area contributed by atoms with Gasteiger partial charge in [0.25, 0.3) is 0 Å². The van der Waals surface area contributed by atoms with Crippen molar-refractivity contribution < 1.29 is 37.9 Å². The van der Waals surface area contributed by atoms with Crippen LogP contribution in [0.25, 0.3) is 0 Å². The van der Waals surface area contributed by atoms with E-state index in [2.05, 4.69) is 54.8 Å². The van der Waals surface area contributed by atoms with Crippen LogP contribution in [0.5, 0.6) is 0 Å². The van der Waals surface area contributed by atoms with Crippen molar-refractivity contribution in [3.8, 4) is 0 Å². The summed E-state index contributed by atoms with van der Waals surface area (Å²) in [6.07, 6.45) is 41.9. The van der Waals surface area contributed by atoms with Crippen molar-refractivity contribution in [1.29, 1.82) is 0 Å². The average Bonchev–Trinajstić information content (AvgIpc) is 3.03. The molecule has 8 nitrogen and oxygen atoms in total. The van der Waals surface area contributed by atoms with E-state index in [-0.39, 0.29) is 19.4 Å². The molecule has 0 unspecified atom stereocenters. The van der Waals surface area contributed by atoms with Crippen molar-refractivity contribution in [3.63, 3.8) is 0 Å². The number of esters is 2. The molecule has 1 atom stereocenters. The van der Waals surface area contributed by atoms with Gasteiger partial charge in [-0.15, -0.1) is 0 Å². The molecule has 0 aliphatic heterocycles. The lowest BCUT2D eigenvalue weighted by molar-refractivity contribution is -0.161. The molecule has 0 aliphatic rings. The molecular weight excluding hydrogens is 615 g/mol. The molecule has 0 rings (SSSR count). The topological polar surface area (TPSA) is 119 Å². The molecule has 0 radical (unpaired) electrons. The van der Waals surface area contributed by atoms with Crippen molar-refractivity contribution in [2.24, 2.45) is 0 Å². The lowest BCUT2D eigenvalue weighted by Gasteiger charge is -2.18. The molecule has 0 amide bonds. The molecule has 0 spiro atoms. The molecule has 0 fully saturated rings. The van der Waals surface area contributed by atoms with E-state index in [4.69, 9.17) is 19.3 Å². The van der Waals surface area contributed by atoms with E-state index in [9.17, 15) is 14.2 Å². The highest BCUT2D eigenvalue weighted by molar-refractivity contribution is 7.46. The minimum Gasteiger partial charge on any atom is -0.462 e. The minimum atomic E-state index is -4.76. The number of carbonyl (C=O) groups excluding carboxylic acids is 2. The number of hydrogen-bond acceptors (Lipinski definition) is 6. The molecule has 9 heteroatoms. The fraction of sp³-hybridized carbons (Fsp3) is 0.632. The van der Waals surface area contributed by atoms with E-state index in [1.807, 2.05) is 36.5 Å². The summed E-state index contributed by atoms with van der Waals surface area (Å²) in [6, 6.07) is 0. The van der Waals surface area contributed by atoms with Crippen LogP contribution in [0.15, 0.2) is 72.9 Å². The Balaban J connectivity index is 4.09. The van der Waals surface area contributed by atoms with Crippen molar-refractivity contribution >= 4 is 19.8 Å². The summed E-state index contributed by atoms with van der Waals surface area (Å²) in [5.41, 5.74) is 0. The Hall–Kier alpha value is -2.51. The van der Waals surface area contributed by atoms with Crippen LogP contribution in [-0.2, 0) is 28.2 Å². The number of unbranched alkanes of at least 4 members (excludes halogenated alkanes) is 12. The number of allylic oxidation sites excluding steroid dienone is 12. The average molecular weight is 679 g/mol. The molecule has 268 valence electrons. The predicted molar refractivity (Wildman–Crippen MR) is 193 cm³/mol. The molecule has 47 heavy (non-hydrogen) atoms. The molecule has 0 aliphatic carbocycles. The summed E-state index contributed by atoms with van der Waals surface area (Å²) in [4.78, 5) is 42.6. The second-order valence-electron chi connectivity index (χ2n) is 11.5. The van der Waals surface area contributed by atoms with E-state index in [1.165, 1.54) is 12.8 Å². The first-order valence-corrected chi connectivity index (χ1v) is 19.3. The summed E-state index contributed by atoms with van der Waals surface area (Å²) in [6.45, 7) is 3.44. The van der Waals surface area contributed by atoms with Crippen LogP contribution in [0, 0.1) is 0 Å². The molecule has 2 N–H and O–H groups in total. The van der Waals surface area contributed by atoms with Crippen molar-refractivity contribution in [1.82, 2.24) is 0 Å². The molecule has 0 saturated heterocycles. The third kappa shape index (κ3) is 36.2. The van der Waals surface area contributed by atoms with Crippen LogP contribution in [-0.4, -0.2) is 41.0 Å². The van der Waals surface area contributed by atoms with Crippen LogP contribution >= 0.6 is 7.82 Å². The van der Waals surface area contributed by atoms with Crippen molar-refractivity contribution in [2.75, 3.05) is 13.2 Å².